The highest BCUT2D eigenvalue weighted by Gasteiger charge is 2.20. The molecule has 0 bridgehead atoms. The van der Waals surface area contributed by atoms with Crippen LogP contribution in [0.3, 0.4) is 0 Å². The summed E-state index contributed by atoms with van der Waals surface area (Å²) in [7, 11) is 0. The molecule has 0 rings (SSSR count). The summed E-state index contributed by atoms with van der Waals surface area (Å²) in [6.07, 6.45) is 81.5. The van der Waals surface area contributed by atoms with E-state index in [4.69, 9.17) is 14.2 Å². The molecule has 470 valence electrons. The zero-order valence-electron chi connectivity index (χ0n) is 54.2. The standard InChI is InChI=1S/C73H142O6/c1-4-7-10-13-16-19-22-25-28-30-31-32-33-34-35-36-37-38-39-40-41-42-43-44-46-48-51-54-57-60-63-66-72(75)78-69-70(68-77-71(74)65-62-59-56-53-50-47-27-24-21-18-15-12-9-6-3)79-73(76)67-64-61-58-55-52-49-45-29-26-23-20-17-14-11-8-5-2/h70H,4-69H2,1-3H3. The number of hydrogen-bond donors (Lipinski definition) is 0. The number of hydrogen-bond acceptors (Lipinski definition) is 6. The summed E-state index contributed by atoms with van der Waals surface area (Å²) in [4.78, 5) is 38.4. The van der Waals surface area contributed by atoms with Crippen LogP contribution in [0, 0.1) is 0 Å². The predicted octanol–water partition coefficient (Wildman–Crippen LogP) is 25.0. The van der Waals surface area contributed by atoms with Crippen molar-refractivity contribution < 1.29 is 28.6 Å². The van der Waals surface area contributed by atoms with Crippen molar-refractivity contribution in [1.82, 2.24) is 0 Å². The average molecular weight is 1120 g/mol. The summed E-state index contributed by atoms with van der Waals surface area (Å²) in [6, 6.07) is 0. The van der Waals surface area contributed by atoms with Crippen LogP contribution in [0.4, 0.5) is 0 Å². The molecule has 0 heterocycles. The zero-order valence-corrected chi connectivity index (χ0v) is 54.2. The largest absolute Gasteiger partial charge is 0.462 e. The van der Waals surface area contributed by atoms with Gasteiger partial charge in [0.05, 0.1) is 0 Å². The first-order chi connectivity index (χ1) is 39.0. The minimum Gasteiger partial charge on any atom is -0.462 e. The van der Waals surface area contributed by atoms with E-state index in [0.29, 0.717) is 19.3 Å². The van der Waals surface area contributed by atoms with Crippen molar-refractivity contribution in [1.29, 1.82) is 0 Å². The summed E-state index contributed by atoms with van der Waals surface area (Å²) in [5.41, 5.74) is 0. The second-order valence-corrected chi connectivity index (χ2v) is 25.2. The maximum absolute atomic E-state index is 12.9. The van der Waals surface area contributed by atoms with E-state index in [0.717, 1.165) is 57.8 Å². The lowest BCUT2D eigenvalue weighted by molar-refractivity contribution is -0.167. The van der Waals surface area contributed by atoms with Crippen LogP contribution in [0.25, 0.3) is 0 Å². The lowest BCUT2D eigenvalue weighted by atomic mass is 10.0. The van der Waals surface area contributed by atoms with Crippen molar-refractivity contribution in [3.63, 3.8) is 0 Å². The molecule has 0 aliphatic heterocycles. The van der Waals surface area contributed by atoms with Crippen molar-refractivity contribution in [2.24, 2.45) is 0 Å². The third-order valence-corrected chi connectivity index (χ3v) is 17.1. The van der Waals surface area contributed by atoms with E-state index in [9.17, 15) is 14.4 Å². The summed E-state index contributed by atoms with van der Waals surface area (Å²) >= 11 is 0. The first-order valence-electron chi connectivity index (χ1n) is 36.5. The zero-order chi connectivity index (χ0) is 57.1. The van der Waals surface area contributed by atoms with E-state index in [1.165, 1.54) is 334 Å². The molecule has 6 heteroatoms. The van der Waals surface area contributed by atoms with Gasteiger partial charge in [-0.2, -0.15) is 0 Å². The normalized spacial score (nSPS) is 11.9. The van der Waals surface area contributed by atoms with Gasteiger partial charge in [0.25, 0.3) is 0 Å². The Bertz CT molecular complexity index is 1190. The van der Waals surface area contributed by atoms with Crippen LogP contribution in [-0.2, 0) is 28.6 Å². The number of ether oxygens (including phenoxy) is 3. The molecule has 0 saturated carbocycles. The molecule has 1 unspecified atom stereocenters. The number of rotatable bonds is 69. The van der Waals surface area contributed by atoms with Crippen LogP contribution in [0.5, 0.6) is 0 Å². The van der Waals surface area contributed by atoms with Crippen molar-refractivity contribution in [3.8, 4) is 0 Å². The van der Waals surface area contributed by atoms with Crippen molar-refractivity contribution in [2.45, 2.75) is 438 Å². The number of carbonyl (C=O) groups is 3. The van der Waals surface area contributed by atoms with Crippen LogP contribution >= 0.6 is 0 Å². The third kappa shape index (κ3) is 67.1. The van der Waals surface area contributed by atoms with E-state index in [2.05, 4.69) is 20.8 Å². The first-order valence-corrected chi connectivity index (χ1v) is 36.5. The highest BCUT2D eigenvalue weighted by atomic mass is 16.6. The number of unbranched alkanes of at least 4 members (excludes halogenated alkanes) is 58. The van der Waals surface area contributed by atoms with E-state index < -0.39 is 6.10 Å². The predicted molar refractivity (Wildman–Crippen MR) is 344 cm³/mol. The maximum atomic E-state index is 12.9. The fraction of sp³-hybridized carbons (Fsp3) is 0.959. The molecule has 0 N–H and O–H groups in total. The van der Waals surface area contributed by atoms with Gasteiger partial charge in [0.2, 0.25) is 0 Å². The topological polar surface area (TPSA) is 78.9 Å². The Kier molecular flexibility index (Phi) is 67.5. The van der Waals surface area contributed by atoms with Gasteiger partial charge < -0.3 is 14.2 Å². The van der Waals surface area contributed by atoms with Gasteiger partial charge in [-0.25, -0.2) is 0 Å². The smallest absolute Gasteiger partial charge is 0.306 e. The Balaban J connectivity index is 4.09. The van der Waals surface area contributed by atoms with Gasteiger partial charge in [-0.1, -0.05) is 393 Å². The summed E-state index contributed by atoms with van der Waals surface area (Å²) < 4.78 is 17.0. The lowest BCUT2D eigenvalue weighted by Crippen LogP contribution is -2.30. The first kappa shape index (κ1) is 77.4. The van der Waals surface area contributed by atoms with E-state index in [1.54, 1.807) is 0 Å². The third-order valence-electron chi connectivity index (χ3n) is 17.1. The van der Waals surface area contributed by atoms with Gasteiger partial charge >= 0.3 is 17.9 Å². The Hall–Kier alpha value is -1.59. The lowest BCUT2D eigenvalue weighted by Gasteiger charge is -2.18. The van der Waals surface area contributed by atoms with Crippen molar-refractivity contribution in [2.75, 3.05) is 13.2 Å². The van der Waals surface area contributed by atoms with Gasteiger partial charge in [0, 0.05) is 19.3 Å². The molecule has 0 aromatic carbocycles. The molecule has 0 amide bonds. The summed E-state index contributed by atoms with van der Waals surface area (Å²) in [6.45, 7) is 6.74. The Morgan fingerprint density at radius 2 is 0.342 bits per heavy atom. The molecule has 0 radical (unpaired) electrons. The van der Waals surface area contributed by atoms with E-state index in [-0.39, 0.29) is 31.1 Å². The highest BCUT2D eigenvalue weighted by molar-refractivity contribution is 5.71. The second-order valence-electron chi connectivity index (χ2n) is 25.2. The van der Waals surface area contributed by atoms with Gasteiger partial charge in [0.1, 0.15) is 13.2 Å². The molecular weight excluding hydrogens is 973 g/mol. The van der Waals surface area contributed by atoms with Crippen molar-refractivity contribution >= 4 is 17.9 Å². The van der Waals surface area contributed by atoms with Crippen LogP contribution < -0.4 is 0 Å². The molecule has 0 fully saturated rings. The minimum absolute atomic E-state index is 0.0602. The van der Waals surface area contributed by atoms with Gasteiger partial charge in [-0.3, -0.25) is 14.4 Å². The molecule has 0 aliphatic carbocycles. The Morgan fingerprint density at radius 1 is 0.203 bits per heavy atom. The SMILES string of the molecule is CCCCCCCCCCCCCCCCCCCCCCCCCCCCCCCCCC(=O)OCC(COC(=O)CCCCCCCCCCCCCCCC)OC(=O)CCCCCCCCCCCCCCCCCC. The number of carbonyl (C=O) groups excluding carboxylic acids is 3. The molecule has 0 aromatic heterocycles. The van der Waals surface area contributed by atoms with Gasteiger partial charge in [-0.15, -0.1) is 0 Å². The fourth-order valence-corrected chi connectivity index (χ4v) is 11.6. The summed E-state index contributed by atoms with van der Waals surface area (Å²) in [5, 5.41) is 0. The number of esters is 3. The average Bonchev–Trinajstić information content (AvgIpc) is 3.45. The molecule has 1 atom stereocenters. The molecule has 0 aliphatic rings. The molecule has 0 saturated heterocycles. The summed E-state index contributed by atoms with van der Waals surface area (Å²) in [5.74, 6) is -0.820. The Morgan fingerprint density at radius 3 is 0.506 bits per heavy atom. The van der Waals surface area contributed by atoms with Crippen molar-refractivity contribution in [3.05, 3.63) is 0 Å². The van der Waals surface area contributed by atoms with Crippen LogP contribution in [0.15, 0.2) is 0 Å². The molecule has 79 heavy (non-hydrogen) atoms. The maximum Gasteiger partial charge on any atom is 0.306 e. The fourth-order valence-electron chi connectivity index (χ4n) is 11.6. The van der Waals surface area contributed by atoms with Crippen LogP contribution in [0.2, 0.25) is 0 Å². The van der Waals surface area contributed by atoms with Gasteiger partial charge in [-0.05, 0) is 19.3 Å². The van der Waals surface area contributed by atoms with E-state index in [1.807, 2.05) is 0 Å². The monoisotopic (exact) mass is 1120 g/mol. The molecule has 0 spiro atoms. The van der Waals surface area contributed by atoms with E-state index >= 15 is 0 Å². The van der Waals surface area contributed by atoms with Crippen LogP contribution in [-0.4, -0.2) is 37.2 Å². The van der Waals surface area contributed by atoms with Gasteiger partial charge in [0.15, 0.2) is 6.10 Å². The molecule has 0 aromatic rings. The highest BCUT2D eigenvalue weighted by Crippen LogP contribution is 2.20. The second kappa shape index (κ2) is 68.9. The quantitative estimate of drug-likeness (QED) is 0.0343. The minimum atomic E-state index is -0.763. The van der Waals surface area contributed by atoms with Crippen LogP contribution in [0.1, 0.15) is 432 Å². The Labute approximate surface area is 495 Å². The molecular formula is C73H142O6. The molecule has 6 nitrogen and oxygen atoms in total.